The van der Waals surface area contributed by atoms with Crippen molar-refractivity contribution in [1.82, 2.24) is 4.90 Å². The Morgan fingerprint density at radius 3 is 2.60 bits per heavy atom. The van der Waals surface area contributed by atoms with E-state index < -0.39 is 12.0 Å². The SMILES string of the molecule is CCCC[C@H](C=O)[C@H](CCCc1ccccc1)C(=O)N1CCOC1=O. The largest absolute Gasteiger partial charge is 0.447 e. The van der Waals surface area contributed by atoms with Gasteiger partial charge in [0.15, 0.2) is 0 Å². The lowest BCUT2D eigenvalue weighted by Gasteiger charge is -2.25. The molecule has 0 unspecified atom stereocenters. The van der Waals surface area contributed by atoms with Crippen LogP contribution in [0.15, 0.2) is 30.3 Å². The number of cyclic esters (lactones) is 1. The Hall–Kier alpha value is -2.17. The minimum atomic E-state index is -0.585. The first-order valence-corrected chi connectivity index (χ1v) is 9.14. The van der Waals surface area contributed by atoms with Crippen molar-refractivity contribution >= 4 is 18.3 Å². The molecule has 2 amide bonds. The molecular weight excluding hydrogens is 318 g/mol. The van der Waals surface area contributed by atoms with Crippen LogP contribution < -0.4 is 0 Å². The highest BCUT2D eigenvalue weighted by Crippen LogP contribution is 2.26. The number of carbonyl (C=O) groups excluding carboxylic acids is 3. The molecule has 1 aromatic carbocycles. The zero-order valence-electron chi connectivity index (χ0n) is 14.9. The zero-order chi connectivity index (χ0) is 18.1. The summed E-state index contributed by atoms with van der Waals surface area (Å²) in [7, 11) is 0. The Morgan fingerprint density at radius 1 is 1.24 bits per heavy atom. The summed E-state index contributed by atoms with van der Waals surface area (Å²) in [5.74, 6) is -1.04. The maximum atomic E-state index is 12.8. The highest BCUT2D eigenvalue weighted by Gasteiger charge is 2.36. The van der Waals surface area contributed by atoms with Crippen LogP contribution in [0.2, 0.25) is 0 Å². The third kappa shape index (κ3) is 5.41. The summed E-state index contributed by atoms with van der Waals surface area (Å²) in [5.41, 5.74) is 1.21. The Morgan fingerprint density at radius 2 is 2.00 bits per heavy atom. The number of rotatable bonds is 10. The van der Waals surface area contributed by atoms with Crippen LogP contribution >= 0.6 is 0 Å². The fourth-order valence-electron chi connectivity index (χ4n) is 3.29. The zero-order valence-corrected chi connectivity index (χ0v) is 14.9. The molecule has 1 heterocycles. The van der Waals surface area contributed by atoms with E-state index in [0.29, 0.717) is 12.8 Å². The van der Waals surface area contributed by atoms with Gasteiger partial charge in [-0.2, -0.15) is 0 Å². The van der Waals surface area contributed by atoms with Gasteiger partial charge in [0.25, 0.3) is 0 Å². The second-order valence-electron chi connectivity index (χ2n) is 6.53. The second kappa shape index (κ2) is 9.97. The molecule has 1 saturated heterocycles. The van der Waals surface area contributed by atoms with E-state index in [-0.39, 0.29) is 25.0 Å². The van der Waals surface area contributed by atoms with Gasteiger partial charge in [-0.3, -0.25) is 4.79 Å². The van der Waals surface area contributed by atoms with Crippen molar-refractivity contribution < 1.29 is 19.1 Å². The van der Waals surface area contributed by atoms with Crippen LogP contribution in [0.3, 0.4) is 0 Å². The van der Waals surface area contributed by atoms with Crippen LogP contribution in [0.25, 0.3) is 0 Å². The predicted molar refractivity (Wildman–Crippen MR) is 95.0 cm³/mol. The normalized spacial score (nSPS) is 16.4. The minimum absolute atomic E-state index is 0.238. The fraction of sp³-hybridized carbons (Fsp3) is 0.550. The van der Waals surface area contributed by atoms with Gasteiger partial charge in [-0.15, -0.1) is 0 Å². The number of hydrogen-bond acceptors (Lipinski definition) is 4. The minimum Gasteiger partial charge on any atom is -0.447 e. The van der Waals surface area contributed by atoms with Crippen molar-refractivity contribution in [1.29, 1.82) is 0 Å². The summed E-state index contributed by atoms with van der Waals surface area (Å²) >= 11 is 0. The van der Waals surface area contributed by atoms with E-state index in [0.717, 1.165) is 36.9 Å². The van der Waals surface area contributed by atoms with Crippen LogP contribution in [0.4, 0.5) is 4.79 Å². The number of amides is 2. The van der Waals surface area contributed by atoms with Crippen molar-refractivity contribution in [2.45, 2.75) is 45.4 Å². The Kier molecular flexibility index (Phi) is 7.64. The Balaban J connectivity index is 2.03. The molecule has 0 aliphatic carbocycles. The molecule has 2 rings (SSSR count). The molecule has 5 nitrogen and oxygen atoms in total. The second-order valence-corrected chi connectivity index (χ2v) is 6.53. The lowest BCUT2D eigenvalue weighted by molar-refractivity contribution is -0.136. The van der Waals surface area contributed by atoms with Gasteiger partial charge in [0.05, 0.1) is 6.54 Å². The van der Waals surface area contributed by atoms with Crippen molar-refractivity contribution in [3.8, 4) is 0 Å². The summed E-state index contributed by atoms with van der Waals surface area (Å²) in [6, 6.07) is 10.1. The highest BCUT2D eigenvalue weighted by atomic mass is 16.6. The average Bonchev–Trinajstić information content (AvgIpc) is 3.07. The molecule has 1 aromatic rings. The van der Waals surface area contributed by atoms with Crippen molar-refractivity contribution in [3.05, 3.63) is 35.9 Å². The quantitative estimate of drug-likeness (QED) is 0.608. The van der Waals surface area contributed by atoms with Gasteiger partial charge in [-0.05, 0) is 31.2 Å². The van der Waals surface area contributed by atoms with Crippen molar-refractivity contribution in [2.75, 3.05) is 13.2 Å². The summed E-state index contributed by atoms with van der Waals surface area (Å²) in [6.07, 6.45) is 5.13. The number of aryl methyl sites for hydroxylation is 1. The van der Waals surface area contributed by atoms with Crippen LogP contribution in [0.5, 0.6) is 0 Å². The van der Waals surface area contributed by atoms with Crippen LogP contribution in [0.1, 0.15) is 44.6 Å². The Bertz CT molecular complexity index is 572. The van der Waals surface area contributed by atoms with E-state index in [1.807, 2.05) is 18.2 Å². The number of ether oxygens (including phenoxy) is 1. The molecule has 0 N–H and O–H groups in total. The lowest BCUT2D eigenvalue weighted by atomic mass is 9.84. The molecule has 5 heteroatoms. The molecule has 0 radical (unpaired) electrons. The highest BCUT2D eigenvalue weighted by molar-refractivity contribution is 5.95. The first-order chi connectivity index (χ1) is 12.2. The van der Waals surface area contributed by atoms with E-state index in [1.54, 1.807) is 0 Å². The summed E-state index contributed by atoms with van der Waals surface area (Å²) in [5, 5.41) is 0. The number of imide groups is 1. The molecule has 25 heavy (non-hydrogen) atoms. The summed E-state index contributed by atoms with van der Waals surface area (Å²) in [4.78, 5) is 37.3. The topological polar surface area (TPSA) is 63.7 Å². The summed E-state index contributed by atoms with van der Waals surface area (Å²) in [6.45, 7) is 2.58. The molecular formula is C20H27NO4. The Labute approximate surface area is 149 Å². The van der Waals surface area contributed by atoms with E-state index in [4.69, 9.17) is 4.74 Å². The first kappa shape index (κ1) is 19.2. The molecule has 1 fully saturated rings. The molecule has 0 spiro atoms. The summed E-state index contributed by atoms with van der Waals surface area (Å²) < 4.78 is 4.88. The number of carbonyl (C=O) groups is 3. The third-order valence-electron chi connectivity index (χ3n) is 4.75. The van der Waals surface area contributed by atoms with E-state index in [1.165, 1.54) is 5.56 Å². The molecule has 136 valence electrons. The fourth-order valence-corrected chi connectivity index (χ4v) is 3.29. The standard InChI is InChI=1S/C20H27NO4/c1-2-3-11-17(15-22)18(19(23)21-13-14-25-20(21)24)12-7-10-16-8-5-4-6-9-16/h4-6,8-9,15,17-18H,2-3,7,10-14H2,1H3/t17-,18+/m1/s1. The van der Waals surface area contributed by atoms with Crippen molar-refractivity contribution in [3.63, 3.8) is 0 Å². The van der Waals surface area contributed by atoms with Gasteiger partial charge in [0, 0.05) is 11.8 Å². The van der Waals surface area contributed by atoms with E-state index >= 15 is 0 Å². The number of benzene rings is 1. The molecule has 1 aliphatic heterocycles. The van der Waals surface area contributed by atoms with Crippen LogP contribution in [-0.2, 0) is 20.7 Å². The predicted octanol–water partition coefficient (Wildman–Crippen LogP) is 3.61. The van der Waals surface area contributed by atoms with Gasteiger partial charge in [-0.25, -0.2) is 9.69 Å². The van der Waals surface area contributed by atoms with Gasteiger partial charge in [-0.1, -0.05) is 50.1 Å². The van der Waals surface area contributed by atoms with Crippen LogP contribution in [-0.4, -0.2) is 36.3 Å². The first-order valence-electron chi connectivity index (χ1n) is 9.14. The van der Waals surface area contributed by atoms with E-state index in [2.05, 4.69) is 19.1 Å². The van der Waals surface area contributed by atoms with Gasteiger partial charge in [0.1, 0.15) is 12.9 Å². The number of unbranched alkanes of at least 4 members (excludes halogenated alkanes) is 1. The molecule has 1 aliphatic rings. The van der Waals surface area contributed by atoms with Gasteiger partial charge < -0.3 is 9.53 Å². The van der Waals surface area contributed by atoms with Gasteiger partial charge >= 0.3 is 6.09 Å². The molecule has 0 bridgehead atoms. The lowest BCUT2D eigenvalue weighted by Crippen LogP contribution is -2.40. The smallest absolute Gasteiger partial charge is 0.416 e. The van der Waals surface area contributed by atoms with Crippen molar-refractivity contribution in [2.24, 2.45) is 11.8 Å². The number of aldehydes is 1. The molecule has 0 aromatic heterocycles. The third-order valence-corrected chi connectivity index (χ3v) is 4.75. The number of nitrogens with zero attached hydrogens (tertiary/aromatic N) is 1. The number of hydrogen-bond donors (Lipinski definition) is 0. The van der Waals surface area contributed by atoms with Crippen LogP contribution in [0, 0.1) is 11.8 Å². The van der Waals surface area contributed by atoms with E-state index in [9.17, 15) is 14.4 Å². The molecule has 2 atom stereocenters. The van der Waals surface area contributed by atoms with Gasteiger partial charge in [0.2, 0.25) is 5.91 Å². The monoisotopic (exact) mass is 345 g/mol. The maximum absolute atomic E-state index is 12.8. The average molecular weight is 345 g/mol. The molecule has 0 saturated carbocycles. The maximum Gasteiger partial charge on any atom is 0.416 e.